The van der Waals surface area contributed by atoms with E-state index in [1.165, 1.54) is 19.3 Å². The highest BCUT2D eigenvalue weighted by Gasteiger charge is 2.16. The third-order valence-electron chi connectivity index (χ3n) is 5.96. The van der Waals surface area contributed by atoms with E-state index in [1.807, 2.05) is 6.07 Å². The van der Waals surface area contributed by atoms with Crippen LogP contribution in [0.15, 0.2) is 109 Å². The lowest BCUT2D eigenvalue weighted by Gasteiger charge is -2.12. The summed E-state index contributed by atoms with van der Waals surface area (Å²) in [5.41, 5.74) is 2.62. The zero-order valence-corrected chi connectivity index (χ0v) is 23.1. The largest absolute Gasteiger partial charge is 0.493 e. The third kappa shape index (κ3) is 7.71. The van der Waals surface area contributed by atoms with Crippen LogP contribution in [0.5, 0.6) is 11.5 Å². The molecule has 0 unspecified atom stereocenters. The Morgan fingerprint density at radius 1 is 0.780 bits per heavy atom. The molecule has 0 saturated heterocycles. The predicted octanol–water partition coefficient (Wildman–Crippen LogP) is 6.66. The van der Waals surface area contributed by atoms with E-state index in [1.54, 1.807) is 104 Å². The number of ketones is 1. The molecule has 4 aromatic rings. The maximum absolute atomic E-state index is 13.2. The number of rotatable bonds is 10. The van der Waals surface area contributed by atoms with Gasteiger partial charge in [-0.25, -0.2) is 0 Å². The second-order valence-electron chi connectivity index (χ2n) is 8.74. The van der Waals surface area contributed by atoms with Crippen LogP contribution in [0.2, 0.25) is 5.02 Å². The highest BCUT2D eigenvalue weighted by Crippen LogP contribution is 2.31. The molecule has 0 bridgehead atoms. The number of carbonyl (C=O) groups is 3. The molecule has 0 aromatic heterocycles. The van der Waals surface area contributed by atoms with Gasteiger partial charge in [-0.15, -0.1) is 0 Å². The number of methoxy groups -OCH3 is 2. The van der Waals surface area contributed by atoms with Crippen molar-refractivity contribution in [2.75, 3.05) is 19.5 Å². The van der Waals surface area contributed by atoms with Crippen LogP contribution in [0, 0.1) is 0 Å². The van der Waals surface area contributed by atoms with Crippen LogP contribution >= 0.6 is 11.6 Å². The topological polar surface area (TPSA) is 93.7 Å². The Hall–Kier alpha value is -5.14. The number of hydrogen-bond acceptors (Lipinski definition) is 5. The van der Waals surface area contributed by atoms with E-state index in [9.17, 15) is 14.4 Å². The minimum Gasteiger partial charge on any atom is -0.493 e. The SMILES string of the molecule is COc1cccc(/C=C/C(=O)c2ccc(NC(=O)/C(=C/c3cccc(Cl)c3)NC(=O)c3ccccc3)cc2)c1OC. The molecular formula is C33H27ClN2O5. The summed E-state index contributed by atoms with van der Waals surface area (Å²) >= 11 is 6.10. The molecule has 0 saturated carbocycles. The van der Waals surface area contributed by atoms with Crippen LogP contribution < -0.4 is 20.1 Å². The highest BCUT2D eigenvalue weighted by atomic mass is 35.5. The molecule has 0 aliphatic rings. The molecule has 8 heteroatoms. The van der Waals surface area contributed by atoms with Gasteiger partial charge in [-0.2, -0.15) is 0 Å². The normalized spacial score (nSPS) is 11.1. The number of halogens is 1. The van der Waals surface area contributed by atoms with Gasteiger partial charge in [0.25, 0.3) is 11.8 Å². The Morgan fingerprint density at radius 2 is 1.51 bits per heavy atom. The van der Waals surface area contributed by atoms with Crippen molar-refractivity contribution in [3.8, 4) is 11.5 Å². The standard InChI is InChI=1S/C33H27ClN2O5/c1-40-30-13-7-11-24(31(30)41-2)16-19-29(37)23-14-17-27(18-15-23)35-33(39)28(21-22-8-6-12-26(34)20-22)36-32(38)25-9-4-3-5-10-25/h3-21H,1-2H3,(H,35,39)(H,36,38)/b19-16+,28-21-. The first kappa shape index (κ1) is 28.9. The van der Waals surface area contributed by atoms with E-state index in [-0.39, 0.29) is 11.5 Å². The first-order valence-electron chi connectivity index (χ1n) is 12.6. The highest BCUT2D eigenvalue weighted by molar-refractivity contribution is 6.30. The molecular weight excluding hydrogens is 540 g/mol. The van der Waals surface area contributed by atoms with Crippen LogP contribution in [-0.4, -0.2) is 31.8 Å². The molecule has 206 valence electrons. The second kappa shape index (κ2) is 13.8. The number of anilines is 1. The summed E-state index contributed by atoms with van der Waals surface area (Å²) in [4.78, 5) is 38.8. The molecule has 0 aliphatic heterocycles. The van der Waals surface area contributed by atoms with Crippen molar-refractivity contribution in [2.24, 2.45) is 0 Å². The van der Waals surface area contributed by atoms with Gasteiger partial charge in [-0.3, -0.25) is 14.4 Å². The zero-order valence-electron chi connectivity index (χ0n) is 22.4. The maximum Gasteiger partial charge on any atom is 0.272 e. The number of amides is 2. The van der Waals surface area contributed by atoms with Gasteiger partial charge in [0.15, 0.2) is 17.3 Å². The molecule has 41 heavy (non-hydrogen) atoms. The van der Waals surface area contributed by atoms with Gasteiger partial charge >= 0.3 is 0 Å². The number of allylic oxidation sites excluding steroid dienone is 1. The van der Waals surface area contributed by atoms with Crippen LogP contribution in [0.4, 0.5) is 5.69 Å². The number of carbonyl (C=O) groups excluding carboxylic acids is 3. The van der Waals surface area contributed by atoms with Gasteiger partial charge in [0.1, 0.15) is 5.70 Å². The van der Waals surface area contributed by atoms with Crippen molar-refractivity contribution in [3.63, 3.8) is 0 Å². The summed E-state index contributed by atoms with van der Waals surface area (Å²) in [6.07, 6.45) is 4.63. The quantitative estimate of drug-likeness (QED) is 0.165. The Bertz CT molecular complexity index is 1610. The van der Waals surface area contributed by atoms with Gasteiger partial charge in [0.05, 0.1) is 14.2 Å². The lowest BCUT2D eigenvalue weighted by atomic mass is 10.1. The average molecular weight is 567 g/mol. The summed E-state index contributed by atoms with van der Waals surface area (Å²) in [6, 6.07) is 27.3. The molecule has 0 spiro atoms. The fourth-order valence-electron chi connectivity index (χ4n) is 3.93. The van der Waals surface area contributed by atoms with Gasteiger partial charge in [0, 0.05) is 27.4 Å². The molecule has 0 heterocycles. The number of ether oxygens (including phenoxy) is 2. The van der Waals surface area contributed by atoms with Gasteiger partial charge in [-0.05, 0) is 78.4 Å². The molecule has 4 rings (SSSR count). The van der Waals surface area contributed by atoms with Crippen molar-refractivity contribution in [1.29, 1.82) is 0 Å². The number of hydrogen-bond donors (Lipinski definition) is 2. The van der Waals surface area contributed by atoms with Crippen molar-refractivity contribution < 1.29 is 23.9 Å². The molecule has 0 atom stereocenters. The van der Waals surface area contributed by atoms with Gasteiger partial charge < -0.3 is 20.1 Å². The summed E-state index contributed by atoms with van der Waals surface area (Å²) in [5.74, 6) is -0.124. The lowest BCUT2D eigenvalue weighted by molar-refractivity contribution is -0.113. The summed E-state index contributed by atoms with van der Waals surface area (Å²) in [7, 11) is 3.08. The Balaban J connectivity index is 1.50. The fraction of sp³-hybridized carbons (Fsp3) is 0.0606. The van der Waals surface area contributed by atoms with Crippen LogP contribution in [-0.2, 0) is 4.79 Å². The first-order valence-corrected chi connectivity index (χ1v) is 12.9. The van der Waals surface area contributed by atoms with E-state index in [4.69, 9.17) is 21.1 Å². The Kier molecular flexibility index (Phi) is 9.70. The maximum atomic E-state index is 13.2. The minimum atomic E-state index is -0.543. The number of nitrogens with one attached hydrogen (secondary N) is 2. The molecule has 0 aliphatic carbocycles. The number of benzene rings is 4. The molecule has 2 amide bonds. The second-order valence-corrected chi connectivity index (χ2v) is 9.18. The average Bonchev–Trinajstić information content (AvgIpc) is 3.00. The van der Waals surface area contributed by atoms with Crippen LogP contribution in [0.25, 0.3) is 12.2 Å². The molecule has 0 fully saturated rings. The third-order valence-corrected chi connectivity index (χ3v) is 6.20. The van der Waals surface area contributed by atoms with Crippen molar-refractivity contribution in [1.82, 2.24) is 5.32 Å². The summed E-state index contributed by atoms with van der Waals surface area (Å²) < 4.78 is 10.7. The number of para-hydroxylation sites is 1. The van der Waals surface area contributed by atoms with Gasteiger partial charge in [0.2, 0.25) is 0 Å². The van der Waals surface area contributed by atoms with Crippen molar-refractivity contribution in [3.05, 3.63) is 136 Å². The fourth-order valence-corrected chi connectivity index (χ4v) is 4.13. The molecule has 0 radical (unpaired) electrons. The monoisotopic (exact) mass is 566 g/mol. The zero-order chi connectivity index (χ0) is 29.2. The molecule has 2 N–H and O–H groups in total. The van der Waals surface area contributed by atoms with Crippen molar-refractivity contribution in [2.45, 2.75) is 0 Å². The van der Waals surface area contributed by atoms with E-state index in [2.05, 4.69) is 10.6 Å². The van der Waals surface area contributed by atoms with E-state index < -0.39 is 11.8 Å². The lowest BCUT2D eigenvalue weighted by Crippen LogP contribution is -2.30. The summed E-state index contributed by atoms with van der Waals surface area (Å²) in [5, 5.41) is 5.95. The van der Waals surface area contributed by atoms with Crippen molar-refractivity contribution >= 4 is 47.0 Å². The molecule has 4 aromatic carbocycles. The van der Waals surface area contributed by atoms with E-state index >= 15 is 0 Å². The van der Waals surface area contributed by atoms with E-state index in [0.29, 0.717) is 44.5 Å². The van der Waals surface area contributed by atoms with Crippen LogP contribution in [0.3, 0.4) is 0 Å². The Morgan fingerprint density at radius 3 is 2.20 bits per heavy atom. The predicted molar refractivity (Wildman–Crippen MR) is 161 cm³/mol. The molecule has 7 nitrogen and oxygen atoms in total. The van der Waals surface area contributed by atoms with Crippen LogP contribution in [0.1, 0.15) is 31.8 Å². The minimum absolute atomic E-state index is 0.0245. The van der Waals surface area contributed by atoms with E-state index in [0.717, 1.165) is 0 Å². The summed E-state index contributed by atoms with van der Waals surface area (Å²) in [6.45, 7) is 0. The Labute approximate surface area is 243 Å². The first-order chi connectivity index (χ1) is 19.9. The van der Waals surface area contributed by atoms with Gasteiger partial charge in [-0.1, -0.05) is 54.1 Å². The smallest absolute Gasteiger partial charge is 0.272 e.